The molecular formula is C17H13Cl2N3OS2. The first kappa shape index (κ1) is 18.2. The van der Waals surface area contributed by atoms with Crippen LogP contribution in [0, 0.1) is 0 Å². The van der Waals surface area contributed by atoms with Crippen LogP contribution in [-0.2, 0) is 4.79 Å². The fourth-order valence-corrected chi connectivity index (χ4v) is 4.47. The maximum absolute atomic E-state index is 12.2. The zero-order chi connectivity index (χ0) is 17.8. The lowest BCUT2D eigenvalue weighted by atomic mass is 10.2. The Kier molecular flexibility index (Phi) is 5.96. The molecule has 1 N–H and O–H groups in total. The van der Waals surface area contributed by atoms with Crippen molar-refractivity contribution in [2.75, 3.05) is 0 Å². The number of fused-ring (bicyclic) bond motifs is 1. The number of nitrogens with one attached hydrogen (secondary N) is 1. The predicted molar refractivity (Wildman–Crippen MR) is 107 cm³/mol. The Bertz CT molecular complexity index is 910. The predicted octanol–water partition coefficient (Wildman–Crippen LogP) is 5.23. The van der Waals surface area contributed by atoms with Crippen LogP contribution in [0.4, 0.5) is 0 Å². The number of para-hydroxylation sites is 1. The molecule has 2 aromatic carbocycles. The van der Waals surface area contributed by atoms with Gasteiger partial charge in [-0.25, -0.2) is 10.4 Å². The quantitative estimate of drug-likeness (QED) is 0.356. The standard InChI is InChI=1S/C17H13Cl2N3OS2/c1-10(24-17-21-14-4-2-3-5-15(14)25-17)16(23)22-20-9-11-6-7-12(18)13(19)8-11/h2-10H,1H3,(H,22,23). The molecule has 1 atom stereocenters. The highest BCUT2D eigenvalue weighted by Crippen LogP contribution is 2.31. The van der Waals surface area contributed by atoms with Crippen molar-refractivity contribution in [3.05, 3.63) is 58.1 Å². The van der Waals surface area contributed by atoms with E-state index in [1.165, 1.54) is 18.0 Å². The molecule has 0 saturated carbocycles. The van der Waals surface area contributed by atoms with E-state index >= 15 is 0 Å². The minimum Gasteiger partial charge on any atom is -0.272 e. The molecule has 0 aliphatic carbocycles. The zero-order valence-corrected chi connectivity index (χ0v) is 16.2. The van der Waals surface area contributed by atoms with E-state index in [9.17, 15) is 4.79 Å². The summed E-state index contributed by atoms with van der Waals surface area (Å²) >= 11 is 14.8. The van der Waals surface area contributed by atoms with E-state index in [1.807, 2.05) is 31.2 Å². The molecule has 128 valence electrons. The van der Waals surface area contributed by atoms with E-state index in [4.69, 9.17) is 23.2 Å². The molecule has 0 bridgehead atoms. The normalized spacial score (nSPS) is 12.6. The topological polar surface area (TPSA) is 54.4 Å². The molecule has 0 aliphatic rings. The first-order chi connectivity index (χ1) is 12.0. The molecule has 0 saturated heterocycles. The highest BCUT2D eigenvalue weighted by molar-refractivity contribution is 8.02. The first-order valence-corrected chi connectivity index (χ1v) is 9.78. The Morgan fingerprint density at radius 1 is 1.28 bits per heavy atom. The monoisotopic (exact) mass is 409 g/mol. The number of nitrogens with zero attached hydrogens (tertiary/aromatic N) is 2. The number of carbonyl (C=O) groups is 1. The number of hydrogen-bond donors (Lipinski definition) is 1. The van der Waals surface area contributed by atoms with Gasteiger partial charge in [-0.15, -0.1) is 11.3 Å². The van der Waals surface area contributed by atoms with E-state index in [0.29, 0.717) is 10.0 Å². The molecule has 3 rings (SSSR count). The van der Waals surface area contributed by atoms with Crippen LogP contribution in [0.5, 0.6) is 0 Å². The number of halogens is 2. The van der Waals surface area contributed by atoms with Crippen LogP contribution in [0.1, 0.15) is 12.5 Å². The molecule has 8 heteroatoms. The first-order valence-electron chi connectivity index (χ1n) is 7.33. The van der Waals surface area contributed by atoms with Crippen LogP contribution in [0.2, 0.25) is 10.0 Å². The molecule has 25 heavy (non-hydrogen) atoms. The van der Waals surface area contributed by atoms with Gasteiger partial charge in [0.2, 0.25) is 0 Å². The summed E-state index contributed by atoms with van der Waals surface area (Å²) in [5.41, 5.74) is 4.23. The van der Waals surface area contributed by atoms with Gasteiger partial charge in [0, 0.05) is 0 Å². The van der Waals surface area contributed by atoms with Crippen LogP contribution < -0.4 is 5.43 Å². The summed E-state index contributed by atoms with van der Waals surface area (Å²) in [6.45, 7) is 1.82. The second-order valence-electron chi connectivity index (χ2n) is 5.12. The van der Waals surface area contributed by atoms with Crippen LogP contribution in [-0.4, -0.2) is 22.4 Å². The Balaban J connectivity index is 1.58. The summed E-state index contributed by atoms with van der Waals surface area (Å²) in [7, 11) is 0. The summed E-state index contributed by atoms with van der Waals surface area (Å²) in [5.74, 6) is -0.194. The number of amides is 1. The molecule has 1 aromatic heterocycles. The molecule has 1 unspecified atom stereocenters. The summed E-state index contributed by atoms with van der Waals surface area (Å²) in [6, 6.07) is 13.0. The third kappa shape index (κ3) is 4.73. The van der Waals surface area contributed by atoms with Crippen LogP contribution in [0.25, 0.3) is 10.2 Å². The van der Waals surface area contributed by atoms with E-state index in [1.54, 1.807) is 29.5 Å². The van der Waals surface area contributed by atoms with Crippen molar-refractivity contribution < 1.29 is 4.79 Å². The van der Waals surface area contributed by atoms with E-state index < -0.39 is 0 Å². The van der Waals surface area contributed by atoms with Gasteiger partial charge in [-0.2, -0.15) is 5.10 Å². The molecule has 0 spiro atoms. The number of benzene rings is 2. The number of hydrazone groups is 1. The van der Waals surface area contributed by atoms with Crippen LogP contribution in [0.15, 0.2) is 51.9 Å². The number of aromatic nitrogens is 1. The smallest absolute Gasteiger partial charge is 0.253 e. The Labute approximate surface area is 163 Å². The van der Waals surface area contributed by atoms with Gasteiger partial charge in [-0.05, 0) is 36.8 Å². The highest BCUT2D eigenvalue weighted by Gasteiger charge is 2.16. The van der Waals surface area contributed by atoms with Crippen molar-refractivity contribution in [1.82, 2.24) is 10.4 Å². The van der Waals surface area contributed by atoms with Crippen LogP contribution in [0.3, 0.4) is 0 Å². The Morgan fingerprint density at radius 2 is 2.08 bits per heavy atom. The molecule has 0 fully saturated rings. The second kappa shape index (κ2) is 8.19. The third-order valence-corrected chi connectivity index (χ3v) is 6.22. The molecule has 0 radical (unpaired) electrons. The number of thiazole rings is 1. The van der Waals surface area contributed by atoms with Crippen molar-refractivity contribution in [3.63, 3.8) is 0 Å². The summed E-state index contributed by atoms with van der Waals surface area (Å²) in [4.78, 5) is 16.7. The van der Waals surface area contributed by atoms with Gasteiger partial charge in [0.25, 0.3) is 5.91 Å². The largest absolute Gasteiger partial charge is 0.272 e. The lowest BCUT2D eigenvalue weighted by Gasteiger charge is -2.06. The molecule has 1 heterocycles. The van der Waals surface area contributed by atoms with Crippen molar-refractivity contribution >= 4 is 68.6 Å². The van der Waals surface area contributed by atoms with Crippen molar-refractivity contribution in [2.24, 2.45) is 5.10 Å². The molecule has 3 aromatic rings. The SMILES string of the molecule is CC(Sc1nc2ccccc2s1)C(=O)NN=Cc1ccc(Cl)c(Cl)c1. The average Bonchev–Trinajstić information content (AvgIpc) is 3.00. The fraction of sp³-hybridized carbons (Fsp3) is 0.118. The minimum absolute atomic E-state index is 0.194. The van der Waals surface area contributed by atoms with Gasteiger partial charge < -0.3 is 0 Å². The van der Waals surface area contributed by atoms with Crippen molar-refractivity contribution in [2.45, 2.75) is 16.5 Å². The van der Waals surface area contributed by atoms with Gasteiger partial charge in [-0.1, -0.05) is 53.2 Å². The Morgan fingerprint density at radius 3 is 2.84 bits per heavy atom. The summed E-state index contributed by atoms with van der Waals surface area (Å²) in [6.07, 6.45) is 1.52. The zero-order valence-electron chi connectivity index (χ0n) is 13.1. The highest BCUT2D eigenvalue weighted by atomic mass is 35.5. The molecule has 1 amide bonds. The Hall–Kier alpha value is -1.60. The van der Waals surface area contributed by atoms with Crippen LogP contribution >= 0.6 is 46.3 Å². The maximum Gasteiger partial charge on any atom is 0.253 e. The summed E-state index contributed by atoms with van der Waals surface area (Å²) in [5, 5.41) is 4.56. The van der Waals surface area contributed by atoms with Gasteiger partial charge in [0.1, 0.15) is 0 Å². The maximum atomic E-state index is 12.2. The number of rotatable bonds is 5. The lowest BCUT2D eigenvalue weighted by molar-refractivity contribution is -0.120. The van der Waals surface area contributed by atoms with E-state index in [-0.39, 0.29) is 11.2 Å². The van der Waals surface area contributed by atoms with Gasteiger partial charge >= 0.3 is 0 Å². The minimum atomic E-state index is -0.313. The number of hydrogen-bond acceptors (Lipinski definition) is 5. The molecule has 4 nitrogen and oxygen atoms in total. The van der Waals surface area contributed by atoms with Crippen molar-refractivity contribution in [3.8, 4) is 0 Å². The molecular weight excluding hydrogens is 397 g/mol. The second-order valence-corrected chi connectivity index (χ2v) is 8.55. The summed E-state index contributed by atoms with van der Waals surface area (Å²) < 4.78 is 1.97. The van der Waals surface area contributed by atoms with Gasteiger partial charge in [0.05, 0.1) is 31.7 Å². The van der Waals surface area contributed by atoms with E-state index in [2.05, 4.69) is 15.5 Å². The average molecular weight is 410 g/mol. The van der Waals surface area contributed by atoms with Gasteiger partial charge in [-0.3, -0.25) is 4.79 Å². The molecule has 0 aliphatic heterocycles. The fourth-order valence-electron chi connectivity index (χ4n) is 1.96. The number of carbonyl (C=O) groups excluding carboxylic acids is 1. The van der Waals surface area contributed by atoms with E-state index in [0.717, 1.165) is 20.1 Å². The van der Waals surface area contributed by atoms with Crippen molar-refractivity contribution in [1.29, 1.82) is 0 Å². The number of thioether (sulfide) groups is 1. The van der Waals surface area contributed by atoms with Gasteiger partial charge in [0.15, 0.2) is 4.34 Å². The third-order valence-electron chi connectivity index (χ3n) is 3.25. The lowest BCUT2D eigenvalue weighted by Crippen LogP contribution is -2.26.